The van der Waals surface area contributed by atoms with Gasteiger partial charge >= 0.3 is 0 Å². The summed E-state index contributed by atoms with van der Waals surface area (Å²) in [4.78, 5) is 6.42. The summed E-state index contributed by atoms with van der Waals surface area (Å²) in [5.74, 6) is 0. The number of aromatic nitrogens is 4. The molecule has 0 bridgehead atoms. The molecule has 2 aliphatic rings. The van der Waals surface area contributed by atoms with Crippen molar-refractivity contribution in [1.82, 2.24) is 24.5 Å². The number of benzene rings is 1. The van der Waals surface area contributed by atoms with Gasteiger partial charge in [-0.25, -0.2) is 26.9 Å². The molecule has 0 spiro atoms. The lowest BCUT2D eigenvalue weighted by Crippen LogP contribution is -2.48. The molecule has 3 heterocycles. The number of aliphatic hydroxyl groups excluding tert-OH is 1. The topological polar surface area (TPSA) is 122 Å². The first-order chi connectivity index (χ1) is 16.1. The van der Waals surface area contributed by atoms with Crippen LogP contribution in [0, 0.1) is 0 Å². The summed E-state index contributed by atoms with van der Waals surface area (Å²) in [6.45, 7) is 4.33. The molecular formula is C20H24F2N6O4S2. The number of anilines is 1. The first-order valence-corrected chi connectivity index (χ1v) is 13.1. The van der Waals surface area contributed by atoms with Gasteiger partial charge in [0.1, 0.15) is 11.8 Å². The number of imidazole rings is 1. The van der Waals surface area contributed by atoms with E-state index in [1.807, 2.05) is 18.7 Å². The molecule has 1 aliphatic heterocycles. The fourth-order valence-corrected chi connectivity index (χ4v) is 6.24. The minimum atomic E-state index is -3.88. The number of morpholine rings is 1. The van der Waals surface area contributed by atoms with Crippen LogP contribution in [0.4, 0.5) is 14.5 Å². The molecule has 1 aliphatic carbocycles. The number of aliphatic hydroxyl groups is 1. The van der Waals surface area contributed by atoms with E-state index in [1.165, 1.54) is 17.0 Å². The van der Waals surface area contributed by atoms with Crippen LogP contribution in [0.2, 0.25) is 0 Å². The maximum absolute atomic E-state index is 13.3. The van der Waals surface area contributed by atoms with Gasteiger partial charge in [0.15, 0.2) is 5.01 Å². The van der Waals surface area contributed by atoms with Gasteiger partial charge in [0, 0.05) is 18.6 Å². The zero-order valence-electron chi connectivity index (χ0n) is 18.5. The molecule has 1 saturated heterocycles. The third-order valence-electron chi connectivity index (χ3n) is 5.99. The molecule has 34 heavy (non-hydrogen) atoms. The number of hydrogen-bond acceptors (Lipinski definition) is 9. The number of nitrogens with one attached hydrogen (secondary N) is 1. The van der Waals surface area contributed by atoms with Gasteiger partial charge in [0.25, 0.3) is 6.43 Å². The molecule has 1 saturated carbocycles. The Labute approximate surface area is 198 Å². The van der Waals surface area contributed by atoms with Crippen LogP contribution < -0.4 is 9.62 Å². The molecule has 2 aromatic heterocycles. The molecule has 2 fully saturated rings. The molecule has 2 N–H and O–H groups in total. The van der Waals surface area contributed by atoms with Crippen LogP contribution in [-0.4, -0.2) is 70.7 Å². The number of hydrogen-bond donors (Lipinski definition) is 2. The Morgan fingerprint density at radius 3 is 2.74 bits per heavy atom. The number of rotatable bonds is 7. The van der Waals surface area contributed by atoms with Crippen molar-refractivity contribution in [3.63, 3.8) is 0 Å². The highest BCUT2D eigenvalue weighted by Crippen LogP contribution is 2.38. The number of fused-ring (bicyclic) bond motifs is 1. The minimum absolute atomic E-state index is 0.0307. The summed E-state index contributed by atoms with van der Waals surface area (Å²) in [5.41, 5.74) is 0.950. The van der Waals surface area contributed by atoms with Crippen LogP contribution in [0.25, 0.3) is 16.2 Å². The van der Waals surface area contributed by atoms with Gasteiger partial charge in [-0.15, -0.1) is 10.2 Å². The predicted molar refractivity (Wildman–Crippen MR) is 121 cm³/mol. The Morgan fingerprint density at radius 2 is 2.09 bits per heavy atom. The third-order valence-corrected chi connectivity index (χ3v) is 8.54. The molecule has 14 heteroatoms. The SMILES string of the molecule is C[C@H]1CN(c2cc(S(=O)(=O)NC3(C)CC3)cc3c2ncn3-c2nnc(C(F)F)s2)C[C@H](CO)O1. The fourth-order valence-electron chi connectivity index (χ4n) is 4.05. The summed E-state index contributed by atoms with van der Waals surface area (Å²) in [6.07, 6.45) is -0.492. The first-order valence-electron chi connectivity index (χ1n) is 10.8. The predicted octanol–water partition coefficient (Wildman–Crippen LogP) is 2.23. The Morgan fingerprint density at radius 1 is 1.32 bits per heavy atom. The van der Waals surface area contributed by atoms with E-state index in [9.17, 15) is 22.3 Å². The van der Waals surface area contributed by atoms with Crippen LogP contribution >= 0.6 is 11.3 Å². The Balaban J connectivity index is 1.66. The van der Waals surface area contributed by atoms with Gasteiger partial charge in [0.2, 0.25) is 15.2 Å². The number of halogens is 2. The lowest BCUT2D eigenvalue weighted by molar-refractivity contribution is -0.0420. The van der Waals surface area contributed by atoms with Gasteiger partial charge in [-0.3, -0.25) is 4.57 Å². The quantitative estimate of drug-likeness (QED) is 0.492. The molecule has 2 atom stereocenters. The molecule has 184 valence electrons. The zero-order valence-corrected chi connectivity index (χ0v) is 20.1. The third kappa shape index (κ3) is 4.40. The van der Waals surface area contributed by atoms with Gasteiger partial charge in [-0.1, -0.05) is 11.3 Å². The fraction of sp³-hybridized carbons (Fsp3) is 0.550. The Bertz CT molecular complexity index is 1320. The van der Waals surface area contributed by atoms with E-state index < -0.39 is 33.1 Å². The highest BCUT2D eigenvalue weighted by Gasteiger charge is 2.41. The molecule has 3 aromatic rings. The molecule has 0 radical (unpaired) electrons. The number of ether oxygens (including phenoxy) is 1. The second kappa shape index (κ2) is 8.45. The average molecular weight is 515 g/mol. The molecule has 0 amide bonds. The second-order valence-electron chi connectivity index (χ2n) is 8.97. The van der Waals surface area contributed by atoms with E-state index in [4.69, 9.17) is 4.74 Å². The van der Waals surface area contributed by atoms with Crippen LogP contribution in [-0.2, 0) is 14.8 Å². The lowest BCUT2D eigenvalue weighted by atomic mass is 10.1. The van der Waals surface area contributed by atoms with E-state index in [2.05, 4.69) is 19.9 Å². The molecule has 10 nitrogen and oxygen atoms in total. The summed E-state index contributed by atoms with van der Waals surface area (Å²) >= 11 is 0.712. The van der Waals surface area contributed by atoms with Crippen molar-refractivity contribution in [2.75, 3.05) is 24.6 Å². The average Bonchev–Trinajstić information content (AvgIpc) is 3.18. The van der Waals surface area contributed by atoms with Gasteiger partial charge in [-0.2, -0.15) is 0 Å². The molecular weight excluding hydrogens is 490 g/mol. The lowest BCUT2D eigenvalue weighted by Gasteiger charge is -2.37. The van der Waals surface area contributed by atoms with Crippen molar-refractivity contribution in [1.29, 1.82) is 0 Å². The monoisotopic (exact) mass is 514 g/mol. The van der Waals surface area contributed by atoms with Crippen molar-refractivity contribution in [3.8, 4) is 5.13 Å². The van der Waals surface area contributed by atoms with Crippen LogP contribution in [0.3, 0.4) is 0 Å². The number of sulfonamides is 1. The minimum Gasteiger partial charge on any atom is -0.394 e. The van der Waals surface area contributed by atoms with E-state index >= 15 is 0 Å². The van der Waals surface area contributed by atoms with Crippen molar-refractivity contribution in [2.45, 2.75) is 55.8 Å². The maximum atomic E-state index is 13.3. The van der Waals surface area contributed by atoms with E-state index in [-0.39, 0.29) is 22.7 Å². The summed E-state index contributed by atoms with van der Waals surface area (Å²) in [5, 5.41) is 16.8. The van der Waals surface area contributed by atoms with Gasteiger partial charge < -0.3 is 14.7 Å². The van der Waals surface area contributed by atoms with E-state index in [0.717, 1.165) is 12.8 Å². The van der Waals surface area contributed by atoms with Gasteiger partial charge in [0.05, 0.1) is 34.9 Å². The first kappa shape index (κ1) is 23.5. The van der Waals surface area contributed by atoms with Crippen LogP contribution in [0.5, 0.6) is 0 Å². The Hall–Kier alpha value is -2.26. The van der Waals surface area contributed by atoms with E-state index in [1.54, 1.807) is 6.07 Å². The van der Waals surface area contributed by atoms with Crippen molar-refractivity contribution in [2.24, 2.45) is 0 Å². The second-order valence-corrected chi connectivity index (χ2v) is 11.6. The van der Waals surface area contributed by atoms with Crippen LogP contribution in [0.1, 0.15) is 38.1 Å². The number of nitrogens with zero attached hydrogens (tertiary/aromatic N) is 5. The zero-order chi connectivity index (χ0) is 24.3. The normalized spacial score (nSPS) is 22.6. The molecule has 5 rings (SSSR count). The summed E-state index contributed by atoms with van der Waals surface area (Å²) < 4.78 is 62.7. The number of alkyl halides is 2. The highest BCUT2D eigenvalue weighted by molar-refractivity contribution is 7.89. The van der Waals surface area contributed by atoms with Crippen molar-refractivity contribution in [3.05, 3.63) is 23.5 Å². The van der Waals surface area contributed by atoms with Crippen molar-refractivity contribution < 1.29 is 27.0 Å². The maximum Gasteiger partial charge on any atom is 0.291 e. The largest absolute Gasteiger partial charge is 0.394 e. The summed E-state index contributed by atoms with van der Waals surface area (Å²) in [6, 6.07) is 3.03. The van der Waals surface area contributed by atoms with E-state index in [0.29, 0.717) is 41.1 Å². The van der Waals surface area contributed by atoms with Crippen LogP contribution in [0.15, 0.2) is 23.4 Å². The highest BCUT2D eigenvalue weighted by atomic mass is 32.2. The Kier molecular flexibility index (Phi) is 5.83. The molecule has 1 aromatic carbocycles. The smallest absolute Gasteiger partial charge is 0.291 e. The van der Waals surface area contributed by atoms with Crippen molar-refractivity contribution >= 4 is 38.1 Å². The summed E-state index contributed by atoms with van der Waals surface area (Å²) in [7, 11) is -3.88. The van der Waals surface area contributed by atoms with Gasteiger partial charge in [-0.05, 0) is 38.8 Å². The molecule has 0 unspecified atom stereocenters. The standard InChI is InChI=1S/C20H24F2N6O4S2/c1-11-7-27(8-12(9-29)32-11)14-5-13(34(30,31)26-20(2)3-4-20)6-15-16(14)23-10-28(15)19-25-24-18(33-19)17(21)22/h5-6,10-12,17,26,29H,3-4,7-9H2,1-2H3/t11-,12+/m0/s1.